The highest BCUT2D eigenvalue weighted by Crippen LogP contribution is 2.15. The van der Waals surface area contributed by atoms with E-state index in [1.807, 2.05) is 30.3 Å². The van der Waals surface area contributed by atoms with Gasteiger partial charge in [-0.15, -0.1) is 0 Å². The molecule has 4 N–H and O–H groups in total. The van der Waals surface area contributed by atoms with Crippen molar-refractivity contribution in [1.82, 2.24) is 5.32 Å². The Morgan fingerprint density at radius 1 is 1.14 bits per heavy atom. The summed E-state index contributed by atoms with van der Waals surface area (Å²) in [5.74, 6) is -2.19. The zero-order valence-corrected chi connectivity index (χ0v) is 16.8. The Bertz CT molecular complexity index is 656. The number of carbonyl (C=O) groups excluding carboxylic acids is 2. The minimum Gasteiger partial charge on any atom is -0.480 e. The van der Waals surface area contributed by atoms with Gasteiger partial charge in [-0.25, -0.2) is 9.59 Å². The highest BCUT2D eigenvalue weighted by atomic mass is 16.6. The summed E-state index contributed by atoms with van der Waals surface area (Å²) in [6.07, 6.45) is -0.263. The van der Waals surface area contributed by atoms with E-state index < -0.39 is 41.6 Å². The molecule has 0 spiro atoms. The first-order chi connectivity index (χ1) is 13.0. The van der Waals surface area contributed by atoms with E-state index in [4.69, 9.17) is 15.2 Å². The summed E-state index contributed by atoms with van der Waals surface area (Å²) in [6, 6.07) is 7.19. The van der Waals surface area contributed by atoms with E-state index in [2.05, 4.69) is 5.32 Å². The smallest absolute Gasteiger partial charge is 0.408 e. The summed E-state index contributed by atoms with van der Waals surface area (Å²) in [4.78, 5) is 35.3. The van der Waals surface area contributed by atoms with Gasteiger partial charge >= 0.3 is 18.0 Å². The van der Waals surface area contributed by atoms with Gasteiger partial charge in [0.1, 0.15) is 24.3 Å². The van der Waals surface area contributed by atoms with E-state index in [1.165, 1.54) is 0 Å². The summed E-state index contributed by atoms with van der Waals surface area (Å²) >= 11 is 0. The van der Waals surface area contributed by atoms with Gasteiger partial charge in [-0.2, -0.15) is 0 Å². The van der Waals surface area contributed by atoms with Gasteiger partial charge in [0.15, 0.2) is 0 Å². The van der Waals surface area contributed by atoms with E-state index in [0.29, 0.717) is 6.42 Å². The van der Waals surface area contributed by atoms with Crippen molar-refractivity contribution in [1.29, 1.82) is 0 Å². The van der Waals surface area contributed by atoms with Crippen molar-refractivity contribution in [2.45, 2.75) is 64.8 Å². The SMILES string of the molecule is CC(CCC(N)C(=O)OCc1ccccc1)[C@H](NC(=O)OC(C)(C)C)C(=O)O. The van der Waals surface area contributed by atoms with Gasteiger partial charge in [0, 0.05) is 0 Å². The van der Waals surface area contributed by atoms with Crippen LogP contribution in [0.4, 0.5) is 4.79 Å². The van der Waals surface area contributed by atoms with Crippen LogP contribution in [0, 0.1) is 5.92 Å². The fourth-order valence-electron chi connectivity index (χ4n) is 2.44. The van der Waals surface area contributed by atoms with Crippen molar-refractivity contribution >= 4 is 18.0 Å². The maximum absolute atomic E-state index is 12.0. The number of aliphatic carboxylic acids is 1. The maximum Gasteiger partial charge on any atom is 0.408 e. The number of ether oxygens (including phenoxy) is 2. The number of alkyl carbamates (subject to hydrolysis) is 1. The van der Waals surface area contributed by atoms with Crippen LogP contribution in [0.15, 0.2) is 30.3 Å². The molecule has 1 aromatic rings. The molecule has 156 valence electrons. The summed E-state index contributed by atoms with van der Waals surface area (Å²) in [5.41, 5.74) is 5.97. The average Bonchev–Trinajstić information content (AvgIpc) is 2.61. The van der Waals surface area contributed by atoms with Gasteiger partial charge in [-0.05, 0) is 45.1 Å². The van der Waals surface area contributed by atoms with Crippen LogP contribution in [0.2, 0.25) is 0 Å². The Kier molecular flexibility index (Phi) is 8.91. The van der Waals surface area contributed by atoms with Gasteiger partial charge in [-0.1, -0.05) is 37.3 Å². The van der Waals surface area contributed by atoms with E-state index in [1.54, 1.807) is 27.7 Å². The summed E-state index contributed by atoms with van der Waals surface area (Å²) in [6.45, 7) is 6.85. The molecule has 1 rings (SSSR count). The van der Waals surface area contributed by atoms with Crippen LogP contribution in [0.1, 0.15) is 46.1 Å². The maximum atomic E-state index is 12.0. The minimum absolute atomic E-state index is 0.126. The monoisotopic (exact) mass is 394 g/mol. The molecule has 0 aromatic heterocycles. The van der Waals surface area contributed by atoms with Gasteiger partial charge < -0.3 is 25.6 Å². The molecule has 0 radical (unpaired) electrons. The number of nitrogens with one attached hydrogen (secondary N) is 1. The van der Waals surface area contributed by atoms with Gasteiger partial charge in [0.05, 0.1) is 0 Å². The van der Waals surface area contributed by atoms with Crippen LogP contribution >= 0.6 is 0 Å². The minimum atomic E-state index is -1.18. The second-order valence-electron chi connectivity index (χ2n) is 7.72. The van der Waals surface area contributed by atoms with E-state index >= 15 is 0 Å². The molecule has 0 aliphatic heterocycles. The van der Waals surface area contributed by atoms with Crippen molar-refractivity contribution in [2.24, 2.45) is 11.7 Å². The number of benzene rings is 1. The topological polar surface area (TPSA) is 128 Å². The molecule has 1 amide bonds. The molecule has 2 unspecified atom stereocenters. The second-order valence-corrected chi connectivity index (χ2v) is 7.72. The molecule has 0 aliphatic rings. The summed E-state index contributed by atoms with van der Waals surface area (Å²) in [5, 5.41) is 11.7. The summed E-state index contributed by atoms with van der Waals surface area (Å²) in [7, 11) is 0. The van der Waals surface area contributed by atoms with Gasteiger partial charge in [-0.3, -0.25) is 4.79 Å². The molecular formula is C20H30N2O6. The molecule has 8 nitrogen and oxygen atoms in total. The molecule has 8 heteroatoms. The number of amides is 1. The number of carboxylic acids is 1. The molecule has 0 saturated carbocycles. The number of rotatable bonds is 9. The predicted molar refractivity (Wildman–Crippen MR) is 103 cm³/mol. The lowest BCUT2D eigenvalue weighted by Crippen LogP contribution is -2.47. The average molecular weight is 394 g/mol. The highest BCUT2D eigenvalue weighted by Gasteiger charge is 2.29. The van der Waals surface area contributed by atoms with Crippen molar-refractivity contribution in [2.75, 3.05) is 0 Å². The third kappa shape index (κ3) is 8.85. The first-order valence-corrected chi connectivity index (χ1v) is 9.18. The van der Waals surface area contributed by atoms with Gasteiger partial charge in [0.25, 0.3) is 0 Å². The van der Waals surface area contributed by atoms with E-state index in [0.717, 1.165) is 5.56 Å². The molecule has 3 atom stereocenters. The predicted octanol–water partition coefficient (Wildman–Crippen LogP) is 2.45. The van der Waals surface area contributed by atoms with Crippen molar-refractivity contribution < 1.29 is 29.0 Å². The van der Waals surface area contributed by atoms with Crippen molar-refractivity contribution in [3.8, 4) is 0 Å². The Labute approximate surface area is 165 Å². The van der Waals surface area contributed by atoms with Gasteiger partial charge in [0.2, 0.25) is 0 Å². The number of hydrogen-bond acceptors (Lipinski definition) is 6. The lowest BCUT2D eigenvalue weighted by Gasteiger charge is -2.25. The fourth-order valence-corrected chi connectivity index (χ4v) is 2.44. The fraction of sp³-hybridized carbons (Fsp3) is 0.550. The lowest BCUT2D eigenvalue weighted by molar-refractivity contribution is -0.146. The molecule has 0 aliphatic carbocycles. The molecule has 28 heavy (non-hydrogen) atoms. The largest absolute Gasteiger partial charge is 0.480 e. The number of nitrogens with two attached hydrogens (primary N) is 1. The standard InChI is InChI=1S/C20H30N2O6/c1-13(16(17(23)24)22-19(26)28-20(2,3)4)10-11-15(21)18(25)27-12-14-8-6-5-7-9-14/h5-9,13,15-16H,10-12,21H2,1-4H3,(H,22,26)(H,23,24)/t13?,15?,16-/m0/s1. The first kappa shape index (κ1) is 23.4. The zero-order chi connectivity index (χ0) is 21.3. The van der Waals surface area contributed by atoms with Crippen LogP contribution in [0.3, 0.4) is 0 Å². The lowest BCUT2D eigenvalue weighted by atomic mass is 9.94. The van der Waals surface area contributed by atoms with Crippen LogP contribution in [0.5, 0.6) is 0 Å². The van der Waals surface area contributed by atoms with E-state index in [9.17, 15) is 19.5 Å². The summed E-state index contributed by atoms with van der Waals surface area (Å²) < 4.78 is 10.3. The number of hydrogen-bond donors (Lipinski definition) is 3. The van der Waals surface area contributed by atoms with E-state index in [-0.39, 0.29) is 13.0 Å². The van der Waals surface area contributed by atoms with Crippen LogP contribution in [-0.2, 0) is 25.7 Å². The molecule has 0 heterocycles. The molecule has 0 saturated heterocycles. The zero-order valence-electron chi connectivity index (χ0n) is 16.8. The second kappa shape index (κ2) is 10.7. The quantitative estimate of drug-likeness (QED) is 0.549. The Hall–Kier alpha value is -2.61. The van der Waals surface area contributed by atoms with Crippen molar-refractivity contribution in [3.05, 3.63) is 35.9 Å². The van der Waals surface area contributed by atoms with Crippen molar-refractivity contribution in [3.63, 3.8) is 0 Å². The molecule has 1 aromatic carbocycles. The first-order valence-electron chi connectivity index (χ1n) is 9.18. The molecule has 0 fully saturated rings. The Balaban J connectivity index is 2.49. The van der Waals surface area contributed by atoms with Crippen LogP contribution in [-0.4, -0.2) is 40.8 Å². The number of carbonyl (C=O) groups is 3. The van der Waals surface area contributed by atoms with Crippen LogP contribution in [0.25, 0.3) is 0 Å². The Morgan fingerprint density at radius 3 is 2.29 bits per heavy atom. The normalized spacial score (nSPS) is 14.5. The number of esters is 1. The third-order valence-electron chi connectivity index (χ3n) is 3.97. The van der Waals surface area contributed by atoms with Crippen LogP contribution < -0.4 is 11.1 Å². The highest BCUT2D eigenvalue weighted by molar-refractivity contribution is 5.80. The third-order valence-corrected chi connectivity index (χ3v) is 3.97. The Morgan fingerprint density at radius 2 is 1.75 bits per heavy atom. The number of carboxylic acid groups (broad SMARTS) is 1. The molecular weight excluding hydrogens is 364 g/mol. The molecule has 0 bridgehead atoms.